The topological polar surface area (TPSA) is 93.8 Å². The predicted octanol–water partition coefficient (Wildman–Crippen LogP) is 2.78. The van der Waals surface area contributed by atoms with Gasteiger partial charge in [0.25, 0.3) is 0 Å². The van der Waals surface area contributed by atoms with E-state index in [2.05, 4.69) is 10.3 Å². The Morgan fingerprint density at radius 3 is 2.64 bits per heavy atom. The SMILES string of the molecule is NC(=NCC1CCCS1(=O)=O)Nc1cccc(Oc2ccccc2)c1. The van der Waals surface area contributed by atoms with E-state index < -0.39 is 15.1 Å². The molecular weight excluding hydrogens is 338 g/mol. The molecule has 1 heterocycles. The van der Waals surface area contributed by atoms with Gasteiger partial charge in [0.15, 0.2) is 15.8 Å². The largest absolute Gasteiger partial charge is 0.457 e. The number of anilines is 1. The lowest BCUT2D eigenvalue weighted by atomic mass is 10.2. The van der Waals surface area contributed by atoms with Crippen LogP contribution < -0.4 is 15.8 Å². The highest BCUT2D eigenvalue weighted by Crippen LogP contribution is 2.24. The zero-order valence-electron chi connectivity index (χ0n) is 13.8. The number of sulfone groups is 1. The number of nitrogens with one attached hydrogen (secondary N) is 1. The molecule has 0 saturated carbocycles. The average molecular weight is 359 g/mol. The van der Waals surface area contributed by atoms with Crippen LogP contribution in [0.2, 0.25) is 0 Å². The average Bonchev–Trinajstić information content (AvgIpc) is 2.92. The number of aliphatic imine (C=N–C) groups is 1. The lowest BCUT2D eigenvalue weighted by Crippen LogP contribution is -2.26. The van der Waals surface area contributed by atoms with Crippen LogP contribution in [0.1, 0.15) is 12.8 Å². The fourth-order valence-electron chi connectivity index (χ4n) is 2.71. The fourth-order valence-corrected chi connectivity index (χ4v) is 4.44. The summed E-state index contributed by atoms with van der Waals surface area (Å²) < 4.78 is 29.4. The molecule has 0 aromatic heterocycles. The number of ether oxygens (including phenoxy) is 1. The van der Waals surface area contributed by atoms with Crippen molar-refractivity contribution in [2.45, 2.75) is 18.1 Å². The lowest BCUT2D eigenvalue weighted by Gasteiger charge is -2.10. The van der Waals surface area contributed by atoms with Crippen molar-refractivity contribution < 1.29 is 13.2 Å². The van der Waals surface area contributed by atoms with E-state index in [9.17, 15) is 8.42 Å². The van der Waals surface area contributed by atoms with Gasteiger partial charge in [0.1, 0.15) is 11.5 Å². The molecule has 25 heavy (non-hydrogen) atoms. The summed E-state index contributed by atoms with van der Waals surface area (Å²) >= 11 is 0. The maximum Gasteiger partial charge on any atom is 0.193 e. The second-order valence-corrected chi connectivity index (χ2v) is 8.33. The first-order valence-corrected chi connectivity index (χ1v) is 9.86. The Labute approximate surface area is 147 Å². The normalized spacial score (nSPS) is 19.5. The van der Waals surface area contributed by atoms with Crippen molar-refractivity contribution in [2.24, 2.45) is 10.7 Å². The van der Waals surface area contributed by atoms with Crippen LogP contribution in [0.15, 0.2) is 59.6 Å². The Bertz CT molecular complexity index is 851. The number of para-hydroxylation sites is 1. The van der Waals surface area contributed by atoms with Crippen LogP contribution in [-0.4, -0.2) is 31.9 Å². The maximum absolute atomic E-state index is 11.8. The van der Waals surface area contributed by atoms with E-state index in [4.69, 9.17) is 10.5 Å². The molecule has 1 saturated heterocycles. The highest BCUT2D eigenvalue weighted by atomic mass is 32.2. The number of rotatable bonds is 5. The van der Waals surface area contributed by atoms with E-state index in [1.165, 1.54) is 0 Å². The maximum atomic E-state index is 11.8. The smallest absolute Gasteiger partial charge is 0.193 e. The first kappa shape index (κ1) is 17.3. The molecule has 1 unspecified atom stereocenters. The first-order chi connectivity index (χ1) is 12.0. The van der Waals surface area contributed by atoms with Gasteiger partial charge in [-0.2, -0.15) is 0 Å². The van der Waals surface area contributed by atoms with Gasteiger partial charge >= 0.3 is 0 Å². The van der Waals surface area contributed by atoms with E-state index in [-0.39, 0.29) is 18.3 Å². The molecule has 6 nitrogen and oxygen atoms in total. The summed E-state index contributed by atoms with van der Waals surface area (Å²) in [5, 5.41) is 2.56. The van der Waals surface area contributed by atoms with Gasteiger partial charge in [0.2, 0.25) is 0 Å². The van der Waals surface area contributed by atoms with Crippen LogP contribution in [0.3, 0.4) is 0 Å². The molecule has 0 aliphatic carbocycles. The van der Waals surface area contributed by atoms with Crippen molar-refractivity contribution in [3.05, 3.63) is 54.6 Å². The molecule has 3 rings (SSSR count). The summed E-state index contributed by atoms with van der Waals surface area (Å²) in [5.74, 6) is 1.86. The van der Waals surface area contributed by atoms with Crippen molar-refractivity contribution in [1.82, 2.24) is 0 Å². The highest BCUT2D eigenvalue weighted by molar-refractivity contribution is 7.92. The highest BCUT2D eigenvalue weighted by Gasteiger charge is 2.30. The zero-order valence-corrected chi connectivity index (χ0v) is 14.6. The second kappa shape index (κ2) is 7.57. The molecule has 1 aliphatic heterocycles. The number of nitrogens with two attached hydrogens (primary N) is 1. The number of nitrogens with zero attached hydrogens (tertiary/aromatic N) is 1. The Morgan fingerprint density at radius 1 is 1.16 bits per heavy atom. The minimum Gasteiger partial charge on any atom is -0.457 e. The van der Waals surface area contributed by atoms with Gasteiger partial charge in [-0.1, -0.05) is 24.3 Å². The minimum atomic E-state index is -3.01. The Morgan fingerprint density at radius 2 is 1.92 bits per heavy atom. The molecule has 132 valence electrons. The summed E-state index contributed by atoms with van der Waals surface area (Å²) in [5.41, 5.74) is 6.60. The molecule has 2 aromatic carbocycles. The van der Waals surface area contributed by atoms with Crippen molar-refractivity contribution >= 4 is 21.5 Å². The van der Waals surface area contributed by atoms with Gasteiger partial charge in [-0.15, -0.1) is 0 Å². The van der Waals surface area contributed by atoms with Crippen molar-refractivity contribution in [3.63, 3.8) is 0 Å². The third kappa shape index (κ3) is 4.73. The van der Waals surface area contributed by atoms with Gasteiger partial charge in [0.05, 0.1) is 17.5 Å². The van der Waals surface area contributed by atoms with Crippen LogP contribution in [0, 0.1) is 0 Å². The third-order valence-electron chi connectivity index (χ3n) is 4.01. The zero-order chi connectivity index (χ0) is 17.7. The molecule has 1 fully saturated rings. The van der Waals surface area contributed by atoms with Crippen LogP contribution in [0.5, 0.6) is 11.5 Å². The van der Waals surface area contributed by atoms with Crippen molar-refractivity contribution in [2.75, 3.05) is 17.6 Å². The third-order valence-corrected chi connectivity index (χ3v) is 6.27. The van der Waals surface area contributed by atoms with Gasteiger partial charge in [0, 0.05) is 11.8 Å². The van der Waals surface area contributed by atoms with E-state index in [0.29, 0.717) is 18.6 Å². The standard InChI is InChI=1S/C18H21N3O3S/c19-18(20-13-17-10-5-11-25(17,22)23)21-14-6-4-9-16(12-14)24-15-7-2-1-3-8-15/h1-4,6-9,12,17H,5,10-11,13H2,(H3,19,20,21). The molecule has 0 spiro atoms. The summed E-state index contributed by atoms with van der Waals surface area (Å²) in [7, 11) is -3.01. The van der Waals surface area contributed by atoms with Crippen LogP contribution >= 0.6 is 0 Å². The van der Waals surface area contributed by atoms with E-state index in [0.717, 1.165) is 11.4 Å². The summed E-state index contributed by atoms with van der Waals surface area (Å²) in [6.45, 7) is 0.196. The summed E-state index contributed by atoms with van der Waals surface area (Å²) in [6, 6.07) is 16.8. The van der Waals surface area contributed by atoms with Crippen LogP contribution in [-0.2, 0) is 9.84 Å². The molecule has 2 aromatic rings. The molecular formula is C18H21N3O3S. The number of benzene rings is 2. The molecule has 0 radical (unpaired) electrons. The number of guanidine groups is 1. The summed E-state index contributed by atoms with van der Waals surface area (Å²) in [6.07, 6.45) is 1.36. The van der Waals surface area contributed by atoms with Gasteiger partial charge in [-0.3, -0.25) is 4.99 Å². The van der Waals surface area contributed by atoms with Crippen molar-refractivity contribution in [1.29, 1.82) is 0 Å². The fraction of sp³-hybridized carbons (Fsp3) is 0.278. The summed E-state index contributed by atoms with van der Waals surface area (Å²) in [4.78, 5) is 4.17. The molecule has 1 atom stereocenters. The molecule has 7 heteroatoms. The monoisotopic (exact) mass is 359 g/mol. The quantitative estimate of drug-likeness (QED) is 0.632. The predicted molar refractivity (Wildman–Crippen MR) is 99.9 cm³/mol. The van der Waals surface area contributed by atoms with E-state index in [1.807, 2.05) is 54.6 Å². The van der Waals surface area contributed by atoms with E-state index in [1.54, 1.807) is 0 Å². The molecule has 3 N–H and O–H groups in total. The molecule has 1 aliphatic rings. The van der Waals surface area contributed by atoms with Gasteiger partial charge < -0.3 is 15.8 Å². The lowest BCUT2D eigenvalue weighted by molar-refractivity contribution is 0.483. The Balaban J connectivity index is 1.62. The molecule has 0 amide bonds. The Kier molecular flexibility index (Phi) is 5.23. The Hall–Kier alpha value is -2.54. The molecule has 0 bridgehead atoms. The van der Waals surface area contributed by atoms with Gasteiger partial charge in [-0.25, -0.2) is 8.42 Å². The van der Waals surface area contributed by atoms with Crippen molar-refractivity contribution in [3.8, 4) is 11.5 Å². The second-order valence-electron chi connectivity index (χ2n) is 5.93. The van der Waals surface area contributed by atoms with E-state index >= 15 is 0 Å². The van der Waals surface area contributed by atoms with Gasteiger partial charge in [-0.05, 0) is 37.1 Å². The number of hydrogen-bond acceptors (Lipinski definition) is 4. The minimum absolute atomic E-state index is 0.193. The first-order valence-electron chi connectivity index (χ1n) is 8.14. The number of hydrogen-bond donors (Lipinski definition) is 2. The van der Waals surface area contributed by atoms with Crippen LogP contribution in [0.25, 0.3) is 0 Å². The van der Waals surface area contributed by atoms with Crippen LogP contribution in [0.4, 0.5) is 5.69 Å².